The van der Waals surface area contributed by atoms with Crippen LogP contribution in [0.3, 0.4) is 0 Å². The van der Waals surface area contributed by atoms with Gasteiger partial charge < -0.3 is 15.1 Å². The third kappa shape index (κ3) is 4.98. The molecule has 1 rings (SSSR count). The normalized spacial score (nSPS) is 19.2. The maximum absolute atomic E-state index is 5.51. The summed E-state index contributed by atoms with van der Waals surface area (Å²) in [7, 11) is 5.51. The van der Waals surface area contributed by atoms with Crippen molar-refractivity contribution in [1.82, 2.24) is 4.90 Å². The van der Waals surface area contributed by atoms with Crippen molar-refractivity contribution in [3.63, 3.8) is 0 Å². The van der Waals surface area contributed by atoms with Crippen LogP contribution in [0.1, 0.15) is 19.8 Å². The van der Waals surface area contributed by atoms with E-state index >= 15 is 0 Å². The minimum atomic E-state index is 0. The van der Waals surface area contributed by atoms with Crippen molar-refractivity contribution in [2.45, 2.75) is 26.1 Å². The summed E-state index contributed by atoms with van der Waals surface area (Å²) in [6, 6.07) is 0. The molecule has 82 valence electrons. The SMILES string of the molecule is O.[B]CCN1CCC(COCC)CC1. The number of likely N-dealkylation sites (tertiary alicyclic amines) is 1. The molecule has 0 unspecified atom stereocenters. The maximum atomic E-state index is 5.51. The predicted molar refractivity (Wildman–Crippen MR) is 59.8 cm³/mol. The van der Waals surface area contributed by atoms with E-state index in [4.69, 9.17) is 12.6 Å². The minimum Gasteiger partial charge on any atom is -0.412 e. The van der Waals surface area contributed by atoms with Crippen molar-refractivity contribution >= 4 is 7.85 Å². The van der Waals surface area contributed by atoms with Crippen LogP contribution in [0, 0.1) is 5.92 Å². The number of ether oxygens (including phenoxy) is 1. The molecule has 0 bridgehead atoms. The Morgan fingerprint density at radius 3 is 2.50 bits per heavy atom. The zero-order chi connectivity index (χ0) is 9.52. The van der Waals surface area contributed by atoms with Crippen LogP contribution >= 0.6 is 0 Å². The van der Waals surface area contributed by atoms with E-state index in [1.54, 1.807) is 0 Å². The Labute approximate surface area is 88.5 Å². The van der Waals surface area contributed by atoms with Crippen molar-refractivity contribution in [3.8, 4) is 0 Å². The molecule has 0 aromatic rings. The predicted octanol–water partition coefficient (Wildman–Crippen LogP) is 0.497. The van der Waals surface area contributed by atoms with Gasteiger partial charge in [0.05, 0.1) is 7.85 Å². The lowest BCUT2D eigenvalue weighted by Crippen LogP contribution is -2.35. The van der Waals surface area contributed by atoms with Gasteiger partial charge in [0, 0.05) is 13.2 Å². The van der Waals surface area contributed by atoms with Crippen LogP contribution in [0.15, 0.2) is 0 Å². The van der Waals surface area contributed by atoms with Crippen LogP contribution in [-0.4, -0.2) is 51.1 Å². The Kier molecular flexibility index (Phi) is 8.24. The fourth-order valence-corrected chi connectivity index (χ4v) is 1.84. The molecule has 4 heteroatoms. The third-order valence-corrected chi connectivity index (χ3v) is 2.71. The van der Waals surface area contributed by atoms with Crippen LogP contribution in [0.2, 0.25) is 6.32 Å². The number of hydrogen-bond donors (Lipinski definition) is 0. The number of piperidine rings is 1. The molecule has 0 spiro atoms. The van der Waals surface area contributed by atoms with E-state index in [1.807, 2.05) is 0 Å². The Morgan fingerprint density at radius 1 is 1.36 bits per heavy atom. The summed E-state index contributed by atoms with van der Waals surface area (Å²) in [5.41, 5.74) is 0. The summed E-state index contributed by atoms with van der Waals surface area (Å²) in [6.07, 6.45) is 3.34. The first-order chi connectivity index (χ1) is 6.36. The van der Waals surface area contributed by atoms with E-state index in [0.717, 1.165) is 32.0 Å². The van der Waals surface area contributed by atoms with Gasteiger partial charge in [0.25, 0.3) is 0 Å². The average molecular weight is 199 g/mol. The van der Waals surface area contributed by atoms with Crippen molar-refractivity contribution in [2.24, 2.45) is 5.92 Å². The molecule has 14 heavy (non-hydrogen) atoms. The van der Waals surface area contributed by atoms with Crippen molar-refractivity contribution in [2.75, 3.05) is 32.8 Å². The smallest absolute Gasteiger partial charge is 0.0670 e. The van der Waals surface area contributed by atoms with Crippen LogP contribution in [-0.2, 0) is 4.74 Å². The second-order valence-electron chi connectivity index (χ2n) is 3.73. The lowest BCUT2D eigenvalue weighted by molar-refractivity contribution is 0.0756. The lowest BCUT2D eigenvalue weighted by Gasteiger charge is -2.31. The molecule has 0 amide bonds. The van der Waals surface area contributed by atoms with E-state index in [0.29, 0.717) is 0 Å². The molecule has 1 aliphatic rings. The van der Waals surface area contributed by atoms with Crippen molar-refractivity contribution in [3.05, 3.63) is 0 Å². The van der Waals surface area contributed by atoms with E-state index in [9.17, 15) is 0 Å². The molecule has 0 aromatic carbocycles. The quantitative estimate of drug-likeness (QED) is 0.605. The molecule has 0 saturated carbocycles. The van der Waals surface area contributed by atoms with Gasteiger partial charge in [0.15, 0.2) is 0 Å². The number of rotatable bonds is 5. The average Bonchev–Trinajstić information content (AvgIpc) is 2.17. The lowest BCUT2D eigenvalue weighted by atomic mass is 9.96. The van der Waals surface area contributed by atoms with Crippen LogP contribution in [0.25, 0.3) is 0 Å². The van der Waals surface area contributed by atoms with Gasteiger partial charge in [-0.1, -0.05) is 6.32 Å². The van der Waals surface area contributed by atoms with E-state index in [-0.39, 0.29) is 5.48 Å². The second kappa shape index (κ2) is 8.27. The van der Waals surface area contributed by atoms with E-state index in [2.05, 4.69) is 11.8 Å². The van der Waals surface area contributed by atoms with Crippen molar-refractivity contribution in [1.29, 1.82) is 0 Å². The zero-order valence-electron chi connectivity index (χ0n) is 9.17. The third-order valence-electron chi connectivity index (χ3n) is 2.71. The first-order valence-electron chi connectivity index (χ1n) is 5.37. The van der Waals surface area contributed by atoms with Gasteiger partial charge >= 0.3 is 0 Å². The van der Waals surface area contributed by atoms with Crippen LogP contribution in [0.4, 0.5) is 0 Å². The highest BCUT2D eigenvalue weighted by molar-refractivity contribution is 6.08. The fraction of sp³-hybridized carbons (Fsp3) is 1.00. The first-order valence-corrected chi connectivity index (χ1v) is 5.37. The summed E-state index contributed by atoms with van der Waals surface area (Å²) in [5, 5.41) is 0. The summed E-state index contributed by atoms with van der Waals surface area (Å²) in [5.74, 6) is 0.786. The van der Waals surface area contributed by atoms with Crippen LogP contribution in [0.5, 0.6) is 0 Å². The monoisotopic (exact) mass is 199 g/mol. The molecule has 1 fully saturated rings. The van der Waals surface area contributed by atoms with Gasteiger partial charge in [-0.25, -0.2) is 0 Å². The summed E-state index contributed by atoms with van der Waals surface area (Å²) in [4.78, 5) is 2.45. The highest BCUT2D eigenvalue weighted by Crippen LogP contribution is 2.17. The molecule has 0 aliphatic carbocycles. The Morgan fingerprint density at radius 2 is 2.00 bits per heavy atom. The largest absolute Gasteiger partial charge is 0.412 e. The second-order valence-corrected chi connectivity index (χ2v) is 3.73. The molecule has 3 nitrogen and oxygen atoms in total. The molecule has 0 atom stereocenters. The van der Waals surface area contributed by atoms with Gasteiger partial charge in [-0.2, -0.15) is 0 Å². The van der Waals surface area contributed by atoms with Gasteiger partial charge in [0.1, 0.15) is 0 Å². The topological polar surface area (TPSA) is 44.0 Å². The molecule has 0 aromatic heterocycles. The molecule has 2 N–H and O–H groups in total. The standard InChI is InChI=1S/C10H20BNO.H2O/c1-2-13-9-10-3-6-12(7-4-10)8-5-11;/h10H,2-9H2,1H3;1H2. The highest BCUT2D eigenvalue weighted by atomic mass is 16.5. The highest BCUT2D eigenvalue weighted by Gasteiger charge is 2.17. The van der Waals surface area contributed by atoms with Gasteiger partial charge in [-0.05, 0) is 45.3 Å². The molecule has 2 radical (unpaired) electrons. The van der Waals surface area contributed by atoms with Gasteiger partial charge in [-0.15, -0.1) is 0 Å². The maximum Gasteiger partial charge on any atom is 0.0670 e. The summed E-state index contributed by atoms with van der Waals surface area (Å²) in [6.45, 7) is 7.32. The number of nitrogens with zero attached hydrogens (tertiary/aromatic N) is 1. The molecule has 1 saturated heterocycles. The van der Waals surface area contributed by atoms with E-state index < -0.39 is 0 Å². The Balaban J connectivity index is 0.00000169. The van der Waals surface area contributed by atoms with Crippen LogP contribution < -0.4 is 0 Å². The first kappa shape index (κ1) is 13.9. The zero-order valence-corrected chi connectivity index (χ0v) is 9.17. The number of hydrogen-bond acceptors (Lipinski definition) is 2. The Bertz CT molecular complexity index is 127. The molecular weight excluding hydrogens is 177 g/mol. The van der Waals surface area contributed by atoms with Gasteiger partial charge in [0.2, 0.25) is 0 Å². The molecule has 1 heterocycles. The fourth-order valence-electron chi connectivity index (χ4n) is 1.84. The summed E-state index contributed by atoms with van der Waals surface area (Å²) < 4.78 is 5.42. The van der Waals surface area contributed by atoms with E-state index in [1.165, 1.54) is 25.9 Å². The molecule has 1 aliphatic heterocycles. The van der Waals surface area contributed by atoms with Crippen molar-refractivity contribution < 1.29 is 10.2 Å². The molecular formula is C10H22BNO2. The summed E-state index contributed by atoms with van der Waals surface area (Å²) >= 11 is 0. The van der Waals surface area contributed by atoms with Gasteiger partial charge in [-0.3, -0.25) is 0 Å². The minimum absolute atomic E-state index is 0. The Hall–Kier alpha value is -0.0551.